The molecule has 36 heavy (non-hydrogen) atoms. The van der Waals surface area contributed by atoms with Gasteiger partial charge in [0.2, 0.25) is 5.95 Å². The number of rotatable bonds is 6. The highest BCUT2D eigenvalue weighted by atomic mass is 32.2. The Balaban J connectivity index is 1.27. The van der Waals surface area contributed by atoms with Crippen molar-refractivity contribution in [3.05, 3.63) is 66.6 Å². The monoisotopic (exact) mass is 503 g/mol. The number of imidazole rings is 1. The number of H-pyrrole nitrogens is 1. The molecular formula is C25H25N7O3S. The summed E-state index contributed by atoms with van der Waals surface area (Å²) < 4.78 is 31.2. The summed E-state index contributed by atoms with van der Waals surface area (Å²) in [5, 5.41) is 7.93. The number of anilines is 2. The number of hydrogen-bond acceptors (Lipinski definition) is 8. The molecular weight excluding hydrogens is 478 g/mol. The number of aromatic amines is 1. The number of nitrogens with one attached hydrogen (secondary N) is 2. The normalized spacial score (nSPS) is 15.0. The zero-order chi connectivity index (χ0) is 24.7. The lowest BCUT2D eigenvalue weighted by Crippen LogP contribution is -2.35. The van der Waals surface area contributed by atoms with Crippen LogP contribution in [0.3, 0.4) is 0 Å². The smallest absolute Gasteiger partial charge is 0.245 e. The van der Waals surface area contributed by atoms with E-state index >= 15 is 0 Å². The van der Waals surface area contributed by atoms with Crippen molar-refractivity contribution in [2.45, 2.75) is 11.4 Å². The molecule has 10 nitrogen and oxygen atoms in total. The fraction of sp³-hybridized carbons (Fsp3) is 0.240. The van der Waals surface area contributed by atoms with Crippen molar-refractivity contribution >= 4 is 38.0 Å². The van der Waals surface area contributed by atoms with Crippen LogP contribution in [0, 0.1) is 0 Å². The number of hydrogen-bond donors (Lipinski definition) is 2. The molecule has 0 aliphatic carbocycles. The van der Waals surface area contributed by atoms with Crippen LogP contribution < -0.4 is 5.32 Å². The van der Waals surface area contributed by atoms with Gasteiger partial charge in [-0.3, -0.25) is 4.90 Å². The minimum atomic E-state index is -3.31. The van der Waals surface area contributed by atoms with Gasteiger partial charge in [0.05, 0.1) is 53.1 Å². The van der Waals surface area contributed by atoms with Gasteiger partial charge in [0.1, 0.15) is 5.82 Å². The van der Waals surface area contributed by atoms with Crippen LogP contribution in [0.4, 0.5) is 11.6 Å². The summed E-state index contributed by atoms with van der Waals surface area (Å²) in [6.07, 6.45) is 2.93. The average Bonchev–Trinajstić information content (AvgIpc) is 3.47. The molecule has 1 fully saturated rings. The van der Waals surface area contributed by atoms with Gasteiger partial charge in [-0.05, 0) is 42.5 Å². The summed E-state index contributed by atoms with van der Waals surface area (Å²) in [5.74, 6) is 1.35. The Labute approximate surface area is 207 Å². The van der Waals surface area contributed by atoms with Gasteiger partial charge in [0, 0.05) is 30.6 Å². The van der Waals surface area contributed by atoms with E-state index in [4.69, 9.17) is 9.72 Å². The molecule has 1 saturated heterocycles. The molecule has 0 unspecified atom stereocenters. The molecule has 184 valence electrons. The molecule has 2 N–H and O–H groups in total. The molecule has 11 heteroatoms. The highest BCUT2D eigenvalue weighted by Crippen LogP contribution is 2.26. The highest BCUT2D eigenvalue weighted by Gasteiger charge is 2.14. The Morgan fingerprint density at radius 2 is 1.94 bits per heavy atom. The number of fused-ring (bicyclic) bond motifs is 2. The Kier molecular flexibility index (Phi) is 5.67. The summed E-state index contributed by atoms with van der Waals surface area (Å²) in [6.45, 7) is 4.08. The third-order valence-electron chi connectivity index (χ3n) is 6.22. The zero-order valence-electron chi connectivity index (χ0n) is 19.7. The van der Waals surface area contributed by atoms with Crippen molar-refractivity contribution in [1.82, 2.24) is 29.5 Å². The molecule has 1 aliphatic rings. The van der Waals surface area contributed by atoms with Gasteiger partial charge < -0.3 is 15.0 Å². The molecule has 0 bridgehead atoms. The van der Waals surface area contributed by atoms with E-state index in [0.29, 0.717) is 5.95 Å². The SMILES string of the molecule is CS(=O)(=O)c1cccc(-c2ccc3cnc(Nc4ccc5nc(CN6CCOCC6)[nH]c5c4)nn23)c1. The fourth-order valence-electron chi connectivity index (χ4n) is 4.38. The van der Waals surface area contributed by atoms with E-state index in [1.54, 1.807) is 28.9 Å². The Bertz CT molecular complexity index is 1670. The number of sulfone groups is 1. The van der Waals surface area contributed by atoms with Crippen LogP contribution in [0.5, 0.6) is 0 Å². The van der Waals surface area contributed by atoms with Gasteiger partial charge in [0.25, 0.3) is 0 Å². The van der Waals surface area contributed by atoms with Crippen LogP contribution in [0.2, 0.25) is 0 Å². The van der Waals surface area contributed by atoms with E-state index in [1.807, 2.05) is 36.4 Å². The van der Waals surface area contributed by atoms with Crippen molar-refractivity contribution < 1.29 is 13.2 Å². The zero-order valence-corrected chi connectivity index (χ0v) is 20.5. The van der Waals surface area contributed by atoms with E-state index in [2.05, 4.69) is 25.3 Å². The second kappa shape index (κ2) is 9.01. The predicted octanol–water partition coefficient (Wildman–Crippen LogP) is 3.25. The predicted molar refractivity (Wildman–Crippen MR) is 137 cm³/mol. The van der Waals surface area contributed by atoms with E-state index in [0.717, 1.165) is 72.2 Å². The molecule has 0 amide bonds. The molecule has 1 aliphatic heterocycles. The maximum absolute atomic E-state index is 12.0. The standard InChI is InChI=1S/C25H25N7O3S/c1-36(33,34)20-4-2-3-17(13-20)23-8-6-19-15-26-25(30-32(19)23)27-18-5-7-21-22(14-18)29-24(28-21)16-31-9-11-35-12-10-31/h2-8,13-15H,9-12,16H2,1H3,(H,27,30)(H,28,29). The molecule has 3 aromatic heterocycles. The second-order valence-electron chi connectivity index (χ2n) is 8.87. The topological polar surface area (TPSA) is 118 Å². The lowest BCUT2D eigenvalue weighted by molar-refractivity contribution is 0.0332. The molecule has 0 saturated carbocycles. The van der Waals surface area contributed by atoms with Crippen LogP contribution in [0.1, 0.15) is 5.82 Å². The van der Waals surface area contributed by atoms with Gasteiger partial charge in [-0.1, -0.05) is 12.1 Å². The minimum Gasteiger partial charge on any atom is -0.379 e. The molecule has 4 heterocycles. The Morgan fingerprint density at radius 1 is 1.08 bits per heavy atom. The van der Waals surface area contributed by atoms with Crippen molar-refractivity contribution in [3.63, 3.8) is 0 Å². The third-order valence-corrected chi connectivity index (χ3v) is 7.33. The fourth-order valence-corrected chi connectivity index (χ4v) is 5.05. The second-order valence-corrected chi connectivity index (χ2v) is 10.9. The van der Waals surface area contributed by atoms with Gasteiger partial charge in [-0.25, -0.2) is 22.9 Å². The summed E-state index contributed by atoms with van der Waals surface area (Å²) in [7, 11) is -3.31. The first-order valence-electron chi connectivity index (χ1n) is 11.6. The first-order chi connectivity index (χ1) is 17.4. The van der Waals surface area contributed by atoms with E-state index < -0.39 is 9.84 Å². The first-order valence-corrected chi connectivity index (χ1v) is 13.5. The van der Waals surface area contributed by atoms with Gasteiger partial charge in [0.15, 0.2) is 9.84 Å². The lowest BCUT2D eigenvalue weighted by atomic mass is 10.2. The van der Waals surface area contributed by atoms with Gasteiger partial charge >= 0.3 is 0 Å². The largest absolute Gasteiger partial charge is 0.379 e. The average molecular weight is 504 g/mol. The lowest BCUT2D eigenvalue weighted by Gasteiger charge is -2.25. The summed E-state index contributed by atoms with van der Waals surface area (Å²) in [4.78, 5) is 15.2. The summed E-state index contributed by atoms with van der Waals surface area (Å²) in [5.41, 5.74) is 5.00. The quantitative estimate of drug-likeness (QED) is 0.363. The highest BCUT2D eigenvalue weighted by molar-refractivity contribution is 7.90. The van der Waals surface area contributed by atoms with Crippen LogP contribution in [0.15, 0.2) is 65.7 Å². The van der Waals surface area contributed by atoms with Crippen molar-refractivity contribution in [3.8, 4) is 11.3 Å². The molecule has 0 radical (unpaired) electrons. The Morgan fingerprint density at radius 3 is 2.78 bits per heavy atom. The Hall–Kier alpha value is -3.80. The number of aromatic nitrogens is 5. The molecule has 0 atom stereocenters. The first kappa shape index (κ1) is 22.7. The molecule has 2 aromatic carbocycles. The van der Waals surface area contributed by atoms with E-state index in [1.165, 1.54) is 6.26 Å². The van der Waals surface area contributed by atoms with Crippen LogP contribution in [0.25, 0.3) is 27.8 Å². The van der Waals surface area contributed by atoms with Gasteiger partial charge in [-0.2, -0.15) is 0 Å². The summed E-state index contributed by atoms with van der Waals surface area (Å²) >= 11 is 0. The van der Waals surface area contributed by atoms with E-state index in [9.17, 15) is 8.42 Å². The molecule has 5 aromatic rings. The summed E-state index contributed by atoms with van der Waals surface area (Å²) in [6, 6.07) is 16.6. The third kappa shape index (κ3) is 4.55. The van der Waals surface area contributed by atoms with Crippen molar-refractivity contribution in [2.75, 3.05) is 37.9 Å². The van der Waals surface area contributed by atoms with Crippen LogP contribution in [-0.2, 0) is 21.1 Å². The molecule has 6 rings (SSSR count). The minimum absolute atomic E-state index is 0.267. The number of ether oxygens (including phenoxy) is 1. The number of benzene rings is 2. The van der Waals surface area contributed by atoms with E-state index in [-0.39, 0.29) is 4.90 Å². The van der Waals surface area contributed by atoms with Crippen molar-refractivity contribution in [1.29, 1.82) is 0 Å². The molecule has 0 spiro atoms. The maximum Gasteiger partial charge on any atom is 0.245 e. The maximum atomic E-state index is 12.0. The number of morpholine rings is 1. The van der Waals surface area contributed by atoms with Crippen LogP contribution in [-0.4, -0.2) is 70.4 Å². The van der Waals surface area contributed by atoms with Crippen LogP contribution >= 0.6 is 0 Å². The van der Waals surface area contributed by atoms with Crippen molar-refractivity contribution in [2.24, 2.45) is 0 Å². The van der Waals surface area contributed by atoms with Gasteiger partial charge in [-0.15, -0.1) is 5.10 Å². The number of nitrogens with zero attached hydrogens (tertiary/aromatic N) is 5.